The maximum absolute atomic E-state index is 12.1. The lowest BCUT2D eigenvalue weighted by atomic mass is 9.85. The van der Waals surface area contributed by atoms with Crippen molar-refractivity contribution < 1.29 is 9.90 Å². The molecule has 3 rings (SSSR count). The number of benzene rings is 1. The summed E-state index contributed by atoms with van der Waals surface area (Å²) in [7, 11) is 0. The van der Waals surface area contributed by atoms with E-state index in [-0.39, 0.29) is 11.9 Å². The van der Waals surface area contributed by atoms with Gasteiger partial charge >= 0.3 is 0 Å². The van der Waals surface area contributed by atoms with E-state index in [4.69, 9.17) is 0 Å². The zero-order chi connectivity index (χ0) is 17.5. The van der Waals surface area contributed by atoms with Crippen molar-refractivity contribution in [2.75, 3.05) is 11.9 Å². The van der Waals surface area contributed by atoms with Crippen molar-refractivity contribution >= 4 is 22.9 Å². The molecule has 1 aliphatic rings. The topological polar surface area (TPSA) is 61.4 Å². The summed E-state index contributed by atoms with van der Waals surface area (Å²) in [6.07, 6.45) is 0. The van der Waals surface area contributed by atoms with Gasteiger partial charge in [0.15, 0.2) is 0 Å². The summed E-state index contributed by atoms with van der Waals surface area (Å²) in [5.41, 5.74) is 2.56. The summed E-state index contributed by atoms with van der Waals surface area (Å²) in [6.45, 7) is 8.24. The van der Waals surface area contributed by atoms with Crippen LogP contribution in [0.5, 0.6) is 0 Å². The van der Waals surface area contributed by atoms with Gasteiger partial charge in [-0.25, -0.2) is 0 Å². The van der Waals surface area contributed by atoms with E-state index in [1.165, 1.54) is 0 Å². The molecule has 2 atom stereocenters. The summed E-state index contributed by atoms with van der Waals surface area (Å²) >= 11 is 1.58. The number of fused-ring (bicyclic) bond motifs is 1. The first kappa shape index (κ1) is 17.1. The van der Waals surface area contributed by atoms with E-state index in [9.17, 15) is 9.90 Å². The number of hydrogen-bond donors (Lipinski definition) is 3. The number of hydrogen-bond acceptors (Lipinski definition) is 4. The molecule has 0 saturated carbocycles. The second-order valence-electron chi connectivity index (χ2n) is 7.27. The zero-order valence-corrected chi connectivity index (χ0v) is 15.3. The molecule has 2 unspecified atom stereocenters. The predicted molar refractivity (Wildman–Crippen MR) is 98.4 cm³/mol. The fraction of sp³-hybridized carbons (Fsp3) is 0.421. The fourth-order valence-electron chi connectivity index (χ4n) is 3.00. The molecule has 24 heavy (non-hydrogen) atoms. The first-order valence-electron chi connectivity index (χ1n) is 8.16. The van der Waals surface area contributed by atoms with Crippen LogP contribution in [0.15, 0.2) is 35.0 Å². The Kier molecular flexibility index (Phi) is 4.28. The van der Waals surface area contributed by atoms with Gasteiger partial charge in [-0.3, -0.25) is 4.79 Å². The summed E-state index contributed by atoms with van der Waals surface area (Å²) in [4.78, 5) is 12.1. The maximum atomic E-state index is 12.1. The molecule has 4 nitrogen and oxygen atoms in total. The highest BCUT2D eigenvalue weighted by Gasteiger charge is 2.38. The van der Waals surface area contributed by atoms with Crippen LogP contribution in [0.2, 0.25) is 0 Å². The van der Waals surface area contributed by atoms with Crippen LogP contribution < -0.4 is 10.6 Å². The molecule has 1 aliphatic heterocycles. The highest BCUT2D eigenvalue weighted by atomic mass is 32.1. The van der Waals surface area contributed by atoms with E-state index in [1.54, 1.807) is 11.3 Å². The number of amides is 1. The molecule has 0 aliphatic carbocycles. The third-order valence-electron chi connectivity index (χ3n) is 4.93. The number of thiophene rings is 1. The molecule has 0 fully saturated rings. The average molecular weight is 344 g/mol. The van der Waals surface area contributed by atoms with E-state index in [2.05, 4.69) is 23.6 Å². The number of aliphatic hydroxyl groups is 1. The molecule has 128 valence electrons. The SMILES string of the molecule is CC(NCC(C)(O)c1ccsc1)c1ccc2c(c1)C(C)(C)C(=O)N2. The Labute approximate surface area is 146 Å². The Hall–Kier alpha value is -1.69. The number of carbonyl (C=O) groups is 1. The van der Waals surface area contributed by atoms with Gasteiger partial charge in [-0.05, 0) is 67.3 Å². The van der Waals surface area contributed by atoms with Crippen LogP contribution in [0.3, 0.4) is 0 Å². The highest BCUT2D eigenvalue weighted by molar-refractivity contribution is 7.08. The van der Waals surface area contributed by atoms with Crippen molar-refractivity contribution in [3.05, 3.63) is 51.7 Å². The van der Waals surface area contributed by atoms with Crippen LogP contribution in [-0.4, -0.2) is 17.6 Å². The number of carbonyl (C=O) groups excluding carboxylic acids is 1. The summed E-state index contributed by atoms with van der Waals surface area (Å²) in [5.74, 6) is 0.0376. The zero-order valence-electron chi connectivity index (χ0n) is 14.5. The molecule has 2 heterocycles. The van der Waals surface area contributed by atoms with Crippen molar-refractivity contribution in [3.63, 3.8) is 0 Å². The molecule has 1 aromatic heterocycles. The van der Waals surface area contributed by atoms with Crippen LogP contribution in [-0.2, 0) is 15.8 Å². The lowest BCUT2D eigenvalue weighted by Gasteiger charge is -2.26. The standard InChI is InChI=1S/C19H24N2O2S/c1-12(20-11-19(4,23)14-7-8-24-10-14)13-5-6-16-15(9-13)18(2,3)17(22)21-16/h5-10,12,20,23H,11H2,1-4H3,(H,21,22). The lowest BCUT2D eigenvalue weighted by molar-refractivity contribution is -0.119. The Balaban J connectivity index is 1.74. The summed E-state index contributed by atoms with van der Waals surface area (Å²) < 4.78 is 0. The van der Waals surface area contributed by atoms with Crippen molar-refractivity contribution in [2.24, 2.45) is 0 Å². The molecule has 1 amide bonds. The van der Waals surface area contributed by atoms with Gasteiger partial charge in [0.25, 0.3) is 0 Å². The molecule has 3 N–H and O–H groups in total. The van der Waals surface area contributed by atoms with Gasteiger partial charge < -0.3 is 15.7 Å². The lowest BCUT2D eigenvalue weighted by Crippen LogP contribution is -2.36. The molecular weight excluding hydrogens is 320 g/mol. The minimum atomic E-state index is -0.901. The van der Waals surface area contributed by atoms with E-state index in [1.807, 2.05) is 49.7 Å². The van der Waals surface area contributed by atoms with Gasteiger partial charge in [-0.2, -0.15) is 11.3 Å². The second kappa shape index (κ2) is 5.99. The van der Waals surface area contributed by atoms with Gasteiger partial charge in [0.2, 0.25) is 5.91 Å². The third kappa shape index (κ3) is 2.99. The van der Waals surface area contributed by atoms with Crippen LogP contribution in [0.4, 0.5) is 5.69 Å². The molecule has 1 aromatic carbocycles. The normalized spacial score (nSPS) is 19.5. The number of rotatable bonds is 5. The summed E-state index contributed by atoms with van der Waals surface area (Å²) in [5, 5.41) is 20.9. The van der Waals surface area contributed by atoms with E-state index in [0.29, 0.717) is 6.54 Å². The van der Waals surface area contributed by atoms with E-state index >= 15 is 0 Å². The van der Waals surface area contributed by atoms with Crippen LogP contribution in [0, 0.1) is 0 Å². The van der Waals surface area contributed by atoms with E-state index in [0.717, 1.165) is 22.4 Å². The van der Waals surface area contributed by atoms with Gasteiger partial charge in [-0.15, -0.1) is 0 Å². The molecule has 2 aromatic rings. The molecule has 0 radical (unpaired) electrons. The first-order valence-corrected chi connectivity index (χ1v) is 9.10. The Morgan fingerprint density at radius 3 is 2.79 bits per heavy atom. The Bertz CT molecular complexity index is 751. The monoisotopic (exact) mass is 344 g/mol. The molecule has 0 saturated heterocycles. The molecule has 0 spiro atoms. The minimum Gasteiger partial charge on any atom is -0.384 e. The fourth-order valence-corrected chi connectivity index (χ4v) is 3.78. The van der Waals surface area contributed by atoms with Gasteiger partial charge in [-0.1, -0.05) is 12.1 Å². The largest absolute Gasteiger partial charge is 0.384 e. The quantitative estimate of drug-likeness (QED) is 0.777. The highest BCUT2D eigenvalue weighted by Crippen LogP contribution is 2.38. The van der Waals surface area contributed by atoms with Crippen LogP contribution in [0.25, 0.3) is 0 Å². The third-order valence-corrected chi connectivity index (χ3v) is 5.61. The average Bonchev–Trinajstić information content (AvgIpc) is 3.14. The Morgan fingerprint density at radius 2 is 2.12 bits per heavy atom. The van der Waals surface area contributed by atoms with E-state index < -0.39 is 11.0 Å². The smallest absolute Gasteiger partial charge is 0.234 e. The van der Waals surface area contributed by atoms with Gasteiger partial charge in [0.05, 0.1) is 5.41 Å². The minimum absolute atomic E-state index is 0.0376. The van der Waals surface area contributed by atoms with Crippen molar-refractivity contribution in [1.29, 1.82) is 0 Å². The van der Waals surface area contributed by atoms with Gasteiger partial charge in [0, 0.05) is 18.3 Å². The number of anilines is 1. The molecule has 0 bridgehead atoms. The molecular formula is C19H24N2O2S. The number of nitrogens with one attached hydrogen (secondary N) is 2. The maximum Gasteiger partial charge on any atom is 0.234 e. The van der Waals surface area contributed by atoms with Crippen molar-refractivity contribution in [2.45, 2.75) is 44.8 Å². The predicted octanol–water partition coefficient (Wildman–Crippen LogP) is 3.54. The second-order valence-corrected chi connectivity index (χ2v) is 8.05. The van der Waals surface area contributed by atoms with Crippen molar-refractivity contribution in [1.82, 2.24) is 5.32 Å². The van der Waals surface area contributed by atoms with Crippen LogP contribution >= 0.6 is 11.3 Å². The first-order chi connectivity index (χ1) is 11.2. The van der Waals surface area contributed by atoms with Crippen molar-refractivity contribution in [3.8, 4) is 0 Å². The Morgan fingerprint density at radius 1 is 1.38 bits per heavy atom. The van der Waals surface area contributed by atoms with Crippen LogP contribution in [0.1, 0.15) is 50.4 Å². The summed E-state index contributed by atoms with van der Waals surface area (Å²) in [6, 6.07) is 8.10. The van der Waals surface area contributed by atoms with Gasteiger partial charge in [0.1, 0.15) is 5.60 Å². The molecule has 5 heteroatoms.